The number of ether oxygens (including phenoxy) is 4. The number of carbonyl (C=O) groups is 4. The number of ketones is 1. The maximum atomic E-state index is 14.8. The van der Waals surface area contributed by atoms with Crippen LogP contribution in [0.2, 0.25) is 0 Å². The van der Waals surface area contributed by atoms with E-state index in [0.717, 1.165) is 0 Å². The van der Waals surface area contributed by atoms with Crippen molar-refractivity contribution in [1.29, 1.82) is 0 Å². The lowest BCUT2D eigenvalue weighted by Gasteiger charge is -2.67. The van der Waals surface area contributed by atoms with Crippen LogP contribution < -0.4 is 5.73 Å². The Labute approximate surface area is 295 Å². The zero-order valence-corrected chi connectivity index (χ0v) is 29.1. The third-order valence-corrected chi connectivity index (χ3v) is 11.9. The minimum absolute atomic E-state index is 0.0120. The van der Waals surface area contributed by atoms with E-state index in [1.54, 1.807) is 62.4 Å². The summed E-state index contributed by atoms with van der Waals surface area (Å²) in [6, 6.07) is 15.2. The van der Waals surface area contributed by atoms with Gasteiger partial charge < -0.3 is 45.1 Å². The molecule has 0 radical (unpaired) electrons. The number of fused-ring (bicyclic) bond motifs is 5. The van der Waals surface area contributed by atoms with Crippen molar-refractivity contribution in [3.63, 3.8) is 0 Å². The molecule has 13 heteroatoms. The maximum absolute atomic E-state index is 14.8. The molecule has 1 aliphatic heterocycles. The van der Waals surface area contributed by atoms with Gasteiger partial charge in [0.05, 0.1) is 35.6 Å². The van der Waals surface area contributed by atoms with Gasteiger partial charge in [-0.15, -0.1) is 0 Å². The van der Waals surface area contributed by atoms with Gasteiger partial charge in [-0.3, -0.25) is 9.59 Å². The van der Waals surface area contributed by atoms with Crippen LogP contribution in [0.5, 0.6) is 0 Å². The van der Waals surface area contributed by atoms with Crippen LogP contribution in [0.1, 0.15) is 69.4 Å². The lowest BCUT2D eigenvalue weighted by atomic mass is 9.44. The minimum Gasteiger partial charge on any atom is -0.456 e. The Hall–Kier alpha value is -3.98. The molecule has 274 valence electrons. The molecule has 3 aliphatic carbocycles. The average Bonchev–Trinajstić information content (AvgIpc) is 3.09. The standard InChI is InChI=1S/C38H45NO12/c1-19-23(49-34(46)29(43)27(39)21-12-8-6-9-13-21)17-38(47)32(50-33(45)22-14-10-7-11-15-22)30-36(5,31(44)28(42)26(19)35(38,3)4)24(41)16-25-37(30,18-48-25)51-20(2)40/h6-15,23-25,27-30,32,41-43,47H,16-18,39H2,1-5H3/t23-,24-,25+,27+,28+,29-,30?,32-,36+,37-,38+/m0/s1. The predicted octanol–water partition coefficient (Wildman–Crippen LogP) is 1.69. The Morgan fingerprint density at radius 2 is 1.59 bits per heavy atom. The molecule has 0 amide bonds. The number of hydrogen-bond donors (Lipinski definition) is 5. The van der Waals surface area contributed by atoms with E-state index in [1.165, 1.54) is 32.9 Å². The highest BCUT2D eigenvalue weighted by atomic mass is 16.6. The van der Waals surface area contributed by atoms with Gasteiger partial charge in [0.2, 0.25) is 0 Å². The number of aliphatic hydroxyl groups is 4. The van der Waals surface area contributed by atoms with Gasteiger partial charge in [0.25, 0.3) is 0 Å². The predicted molar refractivity (Wildman–Crippen MR) is 178 cm³/mol. The summed E-state index contributed by atoms with van der Waals surface area (Å²) in [4.78, 5) is 55.0. The fourth-order valence-electron chi connectivity index (χ4n) is 8.99. The zero-order chi connectivity index (χ0) is 37.3. The van der Waals surface area contributed by atoms with Crippen molar-refractivity contribution in [2.45, 2.75) is 101 Å². The first-order chi connectivity index (χ1) is 23.9. The fraction of sp³-hybridized carbons (Fsp3) is 0.526. The van der Waals surface area contributed by atoms with Crippen molar-refractivity contribution in [1.82, 2.24) is 0 Å². The van der Waals surface area contributed by atoms with Crippen molar-refractivity contribution < 1.29 is 58.6 Å². The molecule has 3 fully saturated rings. The number of esters is 3. The number of aliphatic hydroxyl groups excluding tert-OH is 3. The molecule has 1 heterocycles. The first-order valence-corrected chi connectivity index (χ1v) is 17.0. The van der Waals surface area contributed by atoms with Gasteiger partial charge in [0, 0.05) is 25.2 Å². The molecular weight excluding hydrogens is 662 g/mol. The largest absolute Gasteiger partial charge is 0.456 e. The molecule has 2 bridgehead atoms. The molecule has 0 aromatic heterocycles. The average molecular weight is 708 g/mol. The van der Waals surface area contributed by atoms with Crippen LogP contribution in [0, 0.1) is 16.7 Å². The molecule has 11 atom stereocenters. The fourth-order valence-corrected chi connectivity index (χ4v) is 8.99. The molecule has 4 aliphatic rings. The van der Waals surface area contributed by atoms with Crippen LogP contribution in [0.3, 0.4) is 0 Å². The second-order valence-corrected chi connectivity index (χ2v) is 15.0. The quantitative estimate of drug-likeness (QED) is 0.158. The second-order valence-electron chi connectivity index (χ2n) is 15.0. The highest BCUT2D eigenvalue weighted by Gasteiger charge is 2.78. The number of rotatable bonds is 7. The SMILES string of the molecule is CC(=O)O[C@@]12CO[C@@H]1C[C@H](O)[C@@]1(C)C(=O)[C@H](O)C3=C(C)[C@@H](OC(=O)[C@@H](O)[C@H](N)c4ccccc4)C[C@@](O)([C@@H](OC(=O)c4ccccc4)C12)C3(C)C. The van der Waals surface area contributed by atoms with E-state index in [1.807, 2.05) is 0 Å². The Morgan fingerprint density at radius 1 is 0.980 bits per heavy atom. The Morgan fingerprint density at radius 3 is 2.16 bits per heavy atom. The molecule has 2 saturated carbocycles. The van der Waals surface area contributed by atoms with Gasteiger partial charge >= 0.3 is 17.9 Å². The molecule has 2 aromatic rings. The van der Waals surface area contributed by atoms with Crippen molar-refractivity contribution >= 4 is 23.7 Å². The van der Waals surface area contributed by atoms with E-state index in [9.17, 15) is 39.6 Å². The smallest absolute Gasteiger partial charge is 0.338 e. The zero-order valence-electron chi connectivity index (χ0n) is 29.1. The first kappa shape index (κ1) is 36.8. The molecule has 6 N–H and O–H groups in total. The summed E-state index contributed by atoms with van der Waals surface area (Å²) >= 11 is 0. The lowest BCUT2D eigenvalue weighted by Crippen LogP contribution is -2.81. The number of benzene rings is 2. The molecule has 6 rings (SSSR count). The first-order valence-electron chi connectivity index (χ1n) is 17.0. The summed E-state index contributed by atoms with van der Waals surface area (Å²) in [6.07, 6.45) is -9.94. The van der Waals surface area contributed by atoms with Crippen molar-refractivity contribution in [3.8, 4) is 0 Å². The van der Waals surface area contributed by atoms with Gasteiger partial charge in [0.1, 0.15) is 30.0 Å². The van der Waals surface area contributed by atoms with Crippen LogP contribution in [0.25, 0.3) is 0 Å². The monoisotopic (exact) mass is 707 g/mol. The second kappa shape index (κ2) is 12.9. The molecule has 13 nitrogen and oxygen atoms in total. The minimum atomic E-state index is -2.28. The summed E-state index contributed by atoms with van der Waals surface area (Å²) in [5.74, 6) is -5.10. The van der Waals surface area contributed by atoms with E-state index < -0.39 is 101 Å². The van der Waals surface area contributed by atoms with Gasteiger partial charge in [-0.25, -0.2) is 9.59 Å². The highest BCUT2D eigenvalue weighted by molar-refractivity contribution is 5.94. The lowest BCUT2D eigenvalue weighted by molar-refractivity contribution is -0.346. The third kappa shape index (κ3) is 5.53. The van der Waals surface area contributed by atoms with E-state index in [-0.39, 0.29) is 29.7 Å². The van der Waals surface area contributed by atoms with Crippen LogP contribution in [0.15, 0.2) is 71.8 Å². The van der Waals surface area contributed by atoms with E-state index in [4.69, 9.17) is 24.7 Å². The summed E-state index contributed by atoms with van der Waals surface area (Å²) in [5, 5.41) is 48.0. The molecule has 51 heavy (non-hydrogen) atoms. The summed E-state index contributed by atoms with van der Waals surface area (Å²) < 4.78 is 23.9. The molecule has 0 spiro atoms. The number of carbonyl (C=O) groups excluding carboxylic acids is 4. The van der Waals surface area contributed by atoms with E-state index in [2.05, 4.69) is 0 Å². The summed E-state index contributed by atoms with van der Waals surface area (Å²) in [5.41, 5.74) is -0.496. The molecule has 1 saturated heterocycles. The van der Waals surface area contributed by atoms with Gasteiger partial charge in [-0.2, -0.15) is 0 Å². The Balaban J connectivity index is 1.53. The third-order valence-electron chi connectivity index (χ3n) is 11.9. The number of Topliss-reactive ketones (excluding diaryl/α,β-unsaturated/α-hetero) is 1. The van der Waals surface area contributed by atoms with Crippen LogP contribution >= 0.6 is 0 Å². The molecular formula is C38H45NO12. The Kier molecular flexibility index (Phi) is 9.31. The van der Waals surface area contributed by atoms with Crippen LogP contribution in [-0.2, 0) is 33.3 Å². The van der Waals surface area contributed by atoms with Gasteiger partial charge in [0.15, 0.2) is 17.5 Å². The number of nitrogens with two attached hydrogens (primary N) is 1. The van der Waals surface area contributed by atoms with Gasteiger partial charge in [-0.05, 0) is 42.7 Å². The summed E-state index contributed by atoms with van der Waals surface area (Å²) in [7, 11) is 0. The Bertz CT molecular complexity index is 1750. The maximum Gasteiger partial charge on any atom is 0.338 e. The number of hydrogen-bond acceptors (Lipinski definition) is 13. The van der Waals surface area contributed by atoms with Crippen LogP contribution in [-0.4, -0.2) is 98.6 Å². The normalized spacial score (nSPS) is 36.5. The van der Waals surface area contributed by atoms with Crippen molar-refractivity contribution in [2.75, 3.05) is 6.61 Å². The van der Waals surface area contributed by atoms with E-state index >= 15 is 0 Å². The molecule has 2 aromatic carbocycles. The molecule has 1 unspecified atom stereocenters. The summed E-state index contributed by atoms with van der Waals surface area (Å²) in [6.45, 7) is 6.99. The van der Waals surface area contributed by atoms with Crippen molar-refractivity contribution in [2.24, 2.45) is 22.5 Å². The van der Waals surface area contributed by atoms with Crippen LogP contribution in [0.4, 0.5) is 0 Å². The van der Waals surface area contributed by atoms with Gasteiger partial charge in [-0.1, -0.05) is 62.4 Å². The van der Waals surface area contributed by atoms with Crippen molar-refractivity contribution in [3.05, 3.63) is 82.9 Å². The topological polar surface area (TPSA) is 212 Å². The van der Waals surface area contributed by atoms with E-state index in [0.29, 0.717) is 5.56 Å². The highest BCUT2D eigenvalue weighted by Crippen LogP contribution is 2.64.